The van der Waals surface area contributed by atoms with Crippen LogP contribution in [0.3, 0.4) is 0 Å². The lowest BCUT2D eigenvalue weighted by Gasteiger charge is -2.37. The zero-order valence-corrected chi connectivity index (χ0v) is 14.9. The summed E-state index contributed by atoms with van der Waals surface area (Å²) in [4.78, 5) is 4.82. The highest BCUT2D eigenvalue weighted by Gasteiger charge is 2.27. The minimum atomic E-state index is 0.132. The van der Waals surface area contributed by atoms with Crippen LogP contribution in [0, 0.1) is 6.92 Å². The molecule has 0 amide bonds. The number of aryl methyl sites for hydroxylation is 1. The zero-order valence-electron chi connectivity index (χ0n) is 13.2. The molecule has 110 valence electrons. The first kappa shape index (κ1) is 15.8. The van der Waals surface area contributed by atoms with Crippen molar-refractivity contribution in [1.29, 1.82) is 0 Å². The highest BCUT2D eigenvalue weighted by atomic mass is 32.2. The van der Waals surface area contributed by atoms with Crippen LogP contribution in [0.4, 0.5) is 0 Å². The highest BCUT2D eigenvalue weighted by molar-refractivity contribution is 7.99. The molecular weight excluding hydrogens is 284 g/mol. The Kier molecular flexibility index (Phi) is 4.77. The maximum atomic E-state index is 4.82. The van der Waals surface area contributed by atoms with E-state index in [1.165, 1.54) is 10.3 Å². The number of nitrogens with zero attached hydrogens (tertiary/aromatic N) is 2. The Labute approximate surface area is 130 Å². The molecule has 1 unspecified atom stereocenters. The van der Waals surface area contributed by atoms with Crippen molar-refractivity contribution in [2.75, 3.05) is 0 Å². The van der Waals surface area contributed by atoms with Crippen molar-refractivity contribution >= 4 is 33.5 Å². The van der Waals surface area contributed by atoms with Gasteiger partial charge < -0.3 is 0 Å². The lowest BCUT2D eigenvalue weighted by atomic mass is 10.1. The largest absolute Gasteiger partial charge is 0.236 e. The van der Waals surface area contributed by atoms with Gasteiger partial charge in [-0.05, 0) is 64.6 Å². The van der Waals surface area contributed by atoms with Crippen LogP contribution in [0.5, 0.6) is 0 Å². The van der Waals surface area contributed by atoms with Gasteiger partial charge in [0.2, 0.25) is 0 Å². The second kappa shape index (κ2) is 6.04. The molecule has 0 aliphatic carbocycles. The van der Waals surface area contributed by atoms with Gasteiger partial charge in [0, 0.05) is 11.6 Å². The van der Waals surface area contributed by atoms with Gasteiger partial charge in [-0.25, -0.2) is 9.29 Å². The molecule has 2 rings (SSSR count). The Morgan fingerprint density at radius 1 is 1.35 bits per heavy atom. The van der Waals surface area contributed by atoms with E-state index in [2.05, 4.69) is 64.0 Å². The van der Waals surface area contributed by atoms with Gasteiger partial charge in [0.25, 0.3) is 0 Å². The normalized spacial score (nSPS) is 14.2. The van der Waals surface area contributed by atoms with Gasteiger partial charge in [0.15, 0.2) is 4.34 Å². The van der Waals surface area contributed by atoms with Crippen LogP contribution in [0.2, 0.25) is 0 Å². The van der Waals surface area contributed by atoms with E-state index in [-0.39, 0.29) is 5.54 Å². The van der Waals surface area contributed by atoms with Crippen molar-refractivity contribution in [2.45, 2.75) is 63.9 Å². The van der Waals surface area contributed by atoms with Crippen molar-refractivity contribution in [3.63, 3.8) is 0 Å². The quantitative estimate of drug-likeness (QED) is 0.693. The van der Waals surface area contributed by atoms with Crippen LogP contribution < -0.4 is 0 Å². The van der Waals surface area contributed by atoms with Gasteiger partial charge in [-0.1, -0.05) is 19.1 Å². The summed E-state index contributed by atoms with van der Waals surface area (Å²) >= 11 is 3.60. The molecule has 0 spiro atoms. The molecule has 2 aromatic rings. The molecule has 0 fully saturated rings. The van der Waals surface area contributed by atoms with Gasteiger partial charge in [-0.3, -0.25) is 0 Å². The van der Waals surface area contributed by atoms with E-state index < -0.39 is 0 Å². The van der Waals surface area contributed by atoms with Crippen LogP contribution >= 0.6 is 23.3 Å². The average molecular weight is 309 g/mol. The van der Waals surface area contributed by atoms with E-state index in [9.17, 15) is 0 Å². The van der Waals surface area contributed by atoms with E-state index in [1.54, 1.807) is 23.3 Å². The van der Waals surface area contributed by atoms with Crippen molar-refractivity contribution in [3.05, 3.63) is 23.8 Å². The van der Waals surface area contributed by atoms with Crippen LogP contribution in [0.1, 0.15) is 46.6 Å². The number of benzene rings is 1. The molecule has 0 radical (unpaired) electrons. The van der Waals surface area contributed by atoms with Crippen molar-refractivity contribution in [3.8, 4) is 0 Å². The summed E-state index contributed by atoms with van der Waals surface area (Å²) < 4.78 is 4.90. The Balaban J connectivity index is 2.31. The van der Waals surface area contributed by atoms with Crippen molar-refractivity contribution in [2.24, 2.45) is 0 Å². The molecular formula is C16H24N2S2. The van der Waals surface area contributed by atoms with E-state index in [0.29, 0.717) is 6.04 Å². The van der Waals surface area contributed by atoms with Crippen LogP contribution in [0.15, 0.2) is 22.5 Å². The molecule has 0 aliphatic rings. The summed E-state index contributed by atoms with van der Waals surface area (Å²) in [5.74, 6) is 0. The van der Waals surface area contributed by atoms with E-state index in [4.69, 9.17) is 4.98 Å². The second-order valence-corrected chi connectivity index (χ2v) is 8.50. The van der Waals surface area contributed by atoms with Gasteiger partial charge in [0.05, 0.1) is 10.2 Å². The average Bonchev–Trinajstić information content (AvgIpc) is 2.78. The SMILES string of the molecule is CCC(C)N(Sc1nc2c(C)cccc2s1)C(C)(C)C. The molecule has 1 atom stereocenters. The van der Waals surface area contributed by atoms with Gasteiger partial charge in [-0.15, -0.1) is 11.3 Å². The Morgan fingerprint density at radius 3 is 2.60 bits per heavy atom. The Morgan fingerprint density at radius 2 is 2.05 bits per heavy atom. The van der Waals surface area contributed by atoms with E-state index >= 15 is 0 Å². The fourth-order valence-corrected chi connectivity index (χ4v) is 4.58. The number of aromatic nitrogens is 1. The van der Waals surface area contributed by atoms with Crippen molar-refractivity contribution < 1.29 is 0 Å². The monoisotopic (exact) mass is 308 g/mol. The summed E-state index contributed by atoms with van der Waals surface area (Å²) in [5, 5.41) is 0. The predicted octanol–water partition coefficient (Wildman–Crippen LogP) is 5.51. The highest BCUT2D eigenvalue weighted by Crippen LogP contribution is 2.37. The lowest BCUT2D eigenvalue weighted by molar-refractivity contribution is 0.216. The van der Waals surface area contributed by atoms with Crippen LogP contribution in [0.25, 0.3) is 10.2 Å². The van der Waals surface area contributed by atoms with Gasteiger partial charge in [-0.2, -0.15) is 0 Å². The predicted molar refractivity (Wildman–Crippen MR) is 91.6 cm³/mol. The molecule has 0 saturated heterocycles. The minimum Gasteiger partial charge on any atom is -0.236 e. The summed E-state index contributed by atoms with van der Waals surface area (Å²) in [6.07, 6.45) is 1.15. The third-order valence-electron chi connectivity index (χ3n) is 3.43. The fraction of sp³-hybridized carbons (Fsp3) is 0.562. The summed E-state index contributed by atoms with van der Waals surface area (Å²) in [5.41, 5.74) is 2.54. The molecule has 1 aromatic heterocycles. The minimum absolute atomic E-state index is 0.132. The molecule has 20 heavy (non-hydrogen) atoms. The molecule has 0 bridgehead atoms. The number of hydrogen-bond acceptors (Lipinski definition) is 4. The number of fused-ring (bicyclic) bond motifs is 1. The van der Waals surface area contributed by atoms with Crippen LogP contribution in [-0.2, 0) is 0 Å². The standard InChI is InChI=1S/C16H24N2S2/c1-7-12(3)18(16(4,5)6)20-15-17-14-11(2)9-8-10-13(14)19-15/h8-10,12H,7H2,1-6H3. The summed E-state index contributed by atoms with van der Waals surface area (Å²) in [6, 6.07) is 6.94. The first-order valence-corrected chi connectivity index (χ1v) is 8.75. The first-order chi connectivity index (χ1) is 9.32. The van der Waals surface area contributed by atoms with Gasteiger partial charge in [0.1, 0.15) is 0 Å². The maximum absolute atomic E-state index is 4.82. The topological polar surface area (TPSA) is 16.1 Å². The maximum Gasteiger partial charge on any atom is 0.166 e. The van der Waals surface area contributed by atoms with Crippen molar-refractivity contribution in [1.82, 2.24) is 9.29 Å². The molecule has 0 aliphatic heterocycles. The van der Waals surface area contributed by atoms with Crippen LogP contribution in [-0.4, -0.2) is 20.9 Å². The summed E-state index contributed by atoms with van der Waals surface area (Å²) in [7, 11) is 0. The number of rotatable bonds is 4. The third-order valence-corrected chi connectivity index (χ3v) is 6.07. The Hall–Kier alpha value is -0.580. The molecule has 1 aromatic carbocycles. The smallest absolute Gasteiger partial charge is 0.166 e. The number of hydrogen-bond donors (Lipinski definition) is 0. The molecule has 0 saturated carbocycles. The molecule has 4 heteroatoms. The first-order valence-electron chi connectivity index (χ1n) is 7.16. The summed E-state index contributed by atoms with van der Waals surface area (Å²) in [6.45, 7) is 13.5. The molecule has 0 N–H and O–H groups in total. The number of para-hydroxylation sites is 1. The molecule has 1 heterocycles. The second-order valence-electron chi connectivity index (χ2n) is 6.25. The fourth-order valence-electron chi connectivity index (χ4n) is 2.24. The van der Waals surface area contributed by atoms with E-state index in [0.717, 1.165) is 16.3 Å². The van der Waals surface area contributed by atoms with E-state index in [1.807, 2.05) is 0 Å². The lowest BCUT2D eigenvalue weighted by Crippen LogP contribution is -2.41. The Bertz CT molecular complexity index is 584. The third kappa shape index (κ3) is 3.35. The zero-order chi connectivity index (χ0) is 14.9. The van der Waals surface area contributed by atoms with Gasteiger partial charge >= 0.3 is 0 Å². The number of thiazole rings is 1. The molecule has 2 nitrogen and oxygen atoms in total.